The lowest BCUT2D eigenvalue weighted by atomic mass is 9.88. The third-order valence-electron chi connectivity index (χ3n) is 3.57. The van der Waals surface area contributed by atoms with E-state index in [1.165, 1.54) is 17.4 Å². The molecule has 4 rings (SSSR count). The quantitative estimate of drug-likeness (QED) is 0.533. The minimum Gasteiger partial charge on any atom is -0.448 e. The summed E-state index contributed by atoms with van der Waals surface area (Å²) in [4.78, 5) is 37.7. The lowest BCUT2D eigenvalue weighted by Crippen LogP contribution is -2.18. The highest BCUT2D eigenvalue weighted by Gasteiger charge is 2.34. The molecular formula is C17H8O4S. The number of thiophene rings is 1. The van der Waals surface area contributed by atoms with Crippen LogP contribution in [0.15, 0.2) is 52.3 Å². The van der Waals surface area contributed by atoms with Crippen molar-refractivity contribution in [3.05, 3.63) is 80.9 Å². The van der Waals surface area contributed by atoms with Gasteiger partial charge in [0, 0.05) is 11.1 Å². The van der Waals surface area contributed by atoms with Crippen LogP contribution in [0.2, 0.25) is 0 Å². The summed E-state index contributed by atoms with van der Waals surface area (Å²) in [5, 5.41) is 1.78. The van der Waals surface area contributed by atoms with Crippen LogP contribution in [0, 0.1) is 0 Å². The van der Waals surface area contributed by atoms with E-state index < -0.39 is 0 Å². The average molecular weight is 308 g/mol. The number of carbonyl (C=O) groups is 3. The van der Waals surface area contributed by atoms with E-state index >= 15 is 0 Å². The molecule has 4 nitrogen and oxygen atoms in total. The third-order valence-corrected chi connectivity index (χ3v) is 4.44. The number of ketones is 3. The fourth-order valence-corrected chi connectivity index (χ4v) is 3.18. The second kappa shape index (κ2) is 4.61. The van der Waals surface area contributed by atoms with Crippen LogP contribution >= 0.6 is 11.3 Å². The second-order valence-electron chi connectivity index (χ2n) is 4.86. The largest absolute Gasteiger partial charge is 0.448 e. The Morgan fingerprint density at radius 2 is 1.64 bits per heavy atom. The van der Waals surface area contributed by atoms with E-state index in [0.717, 1.165) is 0 Å². The van der Waals surface area contributed by atoms with Gasteiger partial charge in [-0.1, -0.05) is 30.3 Å². The maximum Gasteiger partial charge on any atom is 0.238 e. The van der Waals surface area contributed by atoms with E-state index in [0.29, 0.717) is 16.0 Å². The Hall–Kier alpha value is -2.79. The Kier molecular flexibility index (Phi) is 2.71. The summed E-state index contributed by atoms with van der Waals surface area (Å²) in [6.07, 6.45) is 0. The highest BCUT2D eigenvalue weighted by Crippen LogP contribution is 2.30. The fourth-order valence-electron chi connectivity index (χ4n) is 2.52. The van der Waals surface area contributed by atoms with Gasteiger partial charge < -0.3 is 4.42 Å². The van der Waals surface area contributed by atoms with Gasteiger partial charge in [0.05, 0.1) is 10.4 Å². The zero-order valence-electron chi connectivity index (χ0n) is 11.2. The van der Waals surface area contributed by atoms with Gasteiger partial charge in [0.25, 0.3) is 0 Å². The number of hydrogen-bond donors (Lipinski definition) is 0. The van der Waals surface area contributed by atoms with Gasteiger partial charge >= 0.3 is 0 Å². The van der Waals surface area contributed by atoms with Gasteiger partial charge in [-0.15, -0.1) is 11.3 Å². The summed E-state index contributed by atoms with van der Waals surface area (Å²) in [6, 6.07) is 11.4. The minimum atomic E-state index is -0.365. The summed E-state index contributed by atoms with van der Waals surface area (Å²) < 4.78 is 5.42. The molecule has 5 heteroatoms. The lowest BCUT2D eigenvalue weighted by molar-refractivity contribution is 0.0952. The van der Waals surface area contributed by atoms with Crippen LogP contribution < -0.4 is 0 Å². The van der Waals surface area contributed by atoms with Crippen molar-refractivity contribution in [2.24, 2.45) is 0 Å². The van der Waals surface area contributed by atoms with Gasteiger partial charge in [-0.05, 0) is 17.5 Å². The van der Waals surface area contributed by atoms with E-state index in [1.807, 2.05) is 0 Å². The first-order chi connectivity index (χ1) is 10.7. The van der Waals surface area contributed by atoms with Crippen LogP contribution in [0.25, 0.3) is 0 Å². The number of benzene rings is 1. The van der Waals surface area contributed by atoms with Crippen LogP contribution in [-0.4, -0.2) is 17.3 Å². The maximum atomic E-state index is 12.5. The SMILES string of the molecule is O=C(c1cc2c(o1)C(=O)c1ccccc1C2=O)c1cccs1. The molecule has 0 spiro atoms. The van der Waals surface area contributed by atoms with Crippen molar-refractivity contribution in [1.29, 1.82) is 0 Å². The number of furan rings is 1. The third kappa shape index (κ3) is 1.72. The van der Waals surface area contributed by atoms with Crippen molar-refractivity contribution in [3.8, 4) is 0 Å². The number of hydrogen-bond acceptors (Lipinski definition) is 5. The van der Waals surface area contributed by atoms with Crippen LogP contribution in [0.1, 0.15) is 47.5 Å². The standard InChI is InChI=1S/C17H8O4S/c18-14-9-4-1-2-5-10(9)15(19)17-11(14)8-12(21-17)16(20)13-6-3-7-22-13/h1-8H. The zero-order valence-corrected chi connectivity index (χ0v) is 12.0. The smallest absolute Gasteiger partial charge is 0.238 e. The number of carbonyl (C=O) groups excluding carboxylic acids is 3. The number of fused-ring (bicyclic) bond motifs is 2. The Morgan fingerprint density at radius 3 is 2.32 bits per heavy atom. The molecule has 0 saturated carbocycles. The van der Waals surface area contributed by atoms with Crippen LogP contribution in [-0.2, 0) is 0 Å². The first-order valence-electron chi connectivity index (χ1n) is 6.57. The Morgan fingerprint density at radius 1 is 0.909 bits per heavy atom. The van der Waals surface area contributed by atoms with Crippen molar-refractivity contribution in [2.75, 3.05) is 0 Å². The van der Waals surface area contributed by atoms with Gasteiger partial charge in [0.15, 0.2) is 17.3 Å². The molecule has 0 bridgehead atoms. The summed E-state index contributed by atoms with van der Waals surface area (Å²) in [7, 11) is 0. The second-order valence-corrected chi connectivity index (χ2v) is 5.81. The van der Waals surface area contributed by atoms with Gasteiger partial charge in [0.1, 0.15) is 0 Å². The van der Waals surface area contributed by atoms with Gasteiger partial charge in [-0.3, -0.25) is 14.4 Å². The molecule has 0 amide bonds. The van der Waals surface area contributed by atoms with E-state index in [9.17, 15) is 14.4 Å². The Bertz CT molecular complexity index is 879. The minimum absolute atomic E-state index is 0.0157. The lowest BCUT2D eigenvalue weighted by Gasteiger charge is -2.11. The van der Waals surface area contributed by atoms with Crippen molar-refractivity contribution in [1.82, 2.24) is 0 Å². The van der Waals surface area contributed by atoms with Crippen molar-refractivity contribution in [2.45, 2.75) is 0 Å². The predicted octanol–water partition coefficient (Wildman–Crippen LogP) is 3.35. The van der Waals surface area contributed by atoms with Crippen LogP contribution in [0.4, 0.5) is 0 Å². The zero-order chi connectivity index (χ0) is 15.3. The van der Waals surface area contributed by atoms with E-state index in [1.54, 1.807) is 41.8 Å². The van der Waals surface area contributed by atoms with Gasteiger partial charge in [-0.25, -0.2) is 0 Å². The highest BCUT2D eigenvalue weighted by atomic mass is 32.1. The van der Waals surface area contributed by atoms with Crippen molar-refractivity contribution in [3.63, 3.8) is 0 Å². The van der Waals surface area contributed by atoms with E-state index in [4.69, 9.17) is 4.42 Å². The molecule has 0 saturated heterocycles. The molecule has 0 unspecified atom stereocenters. The van der Waals surface area contributed by atoms with Crippen LogP contribution in [0.5, 0.6) is 0 Å². The molecule has 0 fully saturated rings. The molecular weight excluding hydrogens is 300 g/mol. The fraction of sp³-hybridized carbons (Fsp3) is 0. The molecule has 2 aromatic heterocycles. The number of rotatable bonds is 2. The monoisotopic (exact) mass is 308 g/mol. The van der Waals surface area contributed by atoms with Crippen molar-refractivity contribution >= 4 is 28.7 Å². The molecule has 0 N–H and O–H groups in total. The molecule has 2 heterocycles. The summed E-state index contributed by atoms with van der Waals surface area (Å²) in [6.45, 7) is 0. The van der Waals surface area contributed by atoms with Crippen LogP contribution in [0.3, 0.4) is 0 Å². The molecule has 0 aliphatic heterocycles. The van der Waals surface area contributed by atoms with Gasteiger partial charge in [0.2, 0.25) is 11.6 Å². The molecule has 1 aromatic carbocycles. The molecule has 0 atom stereocenters. The van der Waals surface area contributed by atoms with E-state index in [2.05, 4.69) is 0 Å². The molecule has 3 aromatic rings. The molecule has 106 valence electrons. The van der Waals surface area contributed by atoms with Gasteiger partial charge in [-0.2, -0.15) is 0 Å². The Balaban J connectivity index is 1.85. The topological polar surface area (TPSA) is 64.3 Å². The average Bonchev–Trinajstić information content (AvgIpc) is 3.21. The molecule has 0 radical (unpaired) electrons. The first kappa shape index (κ1) is 12.9. The predicted molar refractivity (Wildman–Crippen MR) is 79.8 cm³/mol. The van der Waals surface area contributed by atoms with E-state index in [-0.39, 0.29) is 34.4 Å². The Labute approximate surface area is 129 Å². The summed E-state index contributed by atoms with van der Waals surface area (Å²) >= 11 is 1.28. The molecule has 22 heavy (non-hydrogen) atoms. The first-order valence-corrected chi connectivity index (χ1v) is 7.45. The normalized spacial score (nSPS) is 12.9. The highest BCUT2D eigenvalue weighted by molar-refractivity contribution is 7.12. The summed E-state index contributed by atoms with van der Waals surface area (Å²) in [5.41, 5.74) is 0.809. The molecule has 1 aliphatic rings. The van der Waals surface area contributed by atoms with Crippen molar-refractivity contribution < 1.29 is 18.8 Å². The summed E-state index contributed by atoms with van der Waals surface area (Å²) in [5.74, 6) is -1.02. The molecule has 1 aliphatic carbocycles. The maximum absolute atomic E-state index is 12.5.